The number of ketones is 1. The number of rotatable bonds is 3. The maximum absolute atomic E-state index is 12.3. The number of hydrogen-bond donors (Lipinski definition) is 0. The molecule has 0 saturated carbocycles. The molecule has 0 radical (unpaired) electrons. The minimum absolute atomic E-state index is 0.0739. The van der Waals surface area contributed by atoms with Crippen LogP contribution in [0.25, 0.3) is 0 Å². The monoisotopic (exact) mass is 346 g/mol. The van der Waals surface area contributed by atoms with Crippen LogP contribution in [0.2, 0.25) is 0 Å². The van der Waals surface area contributed by atoms with Crippen molar-refractivity contribution >= 4 is 21.7 Å². The van der Waals surface area contributed by atoms with Crippen LogP contribution in [0.3, 0.4) is 0 Å². The zero-order valence-corrected chi connectivity index (χ0v) is 13.4. The lowest BCUT2D eigenvalue weighted by Crippen LogP contribution is -1.98. The van der Waals surface area contributed by atoms with Crippen LogP contribution in [0.1, 0.15) is 33.8 Å². The van der Waals surface area contributed by atoms with Crippen LogP contribution < -0.4 is 9.47 Å². The summed E-state index contributed by atoms with van der Waals surface area (Å²) in [4.78, 5) is 12.3. The summed E-state index contributed by atoms with van der Waals surface area (Å²) in [7, 11) is 3.19. The van der Waals surface area contributed by atoms with Crippen molar-refractivity contribution in [3.63, 3.8) is 0 Å². The molecule has 0 heterocycles. The Hall–Kier alpha value is -1.81. The first-order chi connectivity index (χ1) is 10.1. The third-order valence-corrected chi connectivity index (χ3v) is 4.37. The molecule has 0 aliphatic heterocycles. The zero-order valence-electron chi connectivity index (χ0n) is 11.9. The van der Waals surface area contributed by atoms with Gasteiger partial charge < -0.3 is 9.47 Å². The van der Waals surface area contributed by atoms with Crippen LogP contribution >= 0.6 is 15.9 Å². The molecule has 0 N–H and O–H groups in total. The van der Waals surface area contributed by atoms with Crippen LogP contribution in [-0.4, -0.2) is 20.0 Å². The van der Waals surface area contributed by atoms with Crippen molar-refractivity contribution in [2.24, 2.45) is 0 Å². The Morgan fingerprint density at radius 2 is 1.81 bits per heavy atom. The molecule has 3 rings (SSSR count). The average Bonchev–Trinajstić information content (AvgIpc) is 2.82. The number of hydrogen-bond acceptors (Lipinski definition) is 3. The highest BCUT2D eigenvalue weighted by atomic mass is 79.9. The van der Waals surface area contributed by atoms with Gasteiger partial charge in [-0.05, 0) is 35.4 Å². The lowest BCUT2D eigenvalue weighted by atomic mass is 9.93. The van der Waals surface area contributed by atoms with Gasteiger partial charge in [0, 0.05) is 22.4 Å². The largest absolute Gasteiger partial charge is 0.493 e. The molecule has 4 heteroatoms. The molecule has 0 fully saturated rings. The van der Waals surface area contributed by atoms with Crippen molar-refractivity contribution in [1.29, 1.82) is 0 Å². The Bertz CT molecular complexity index is 709. The summed E-state index contributed by atoms with van der Waals surface area (Å²) < 4.78 is 11.7. The average molecular weight is 347 g/mol. The maximum atomic E-state index is 12.3. The quantitative estimate of drug-likeness (QED) is 0.835. The van der Waals surface area contributed by atoms with Crippen molar-refractivity contribution in [3.8, 4) is 11.5 Å². The highest BCUT2D eigenvalue weighted by molar-refractivity contribution is 9.10. The lowest BCUT2D eigenvalue weighted by Gasteiger charge is -2.14. The second-order valence-electron chi connectivity index (χ2n) is 5.03. The maximum Gasteiger partial charge on any atom is 0.164 e. The highest BCUT2D eigenvalue weighted by Gasteiger charge is 2.32. The summed E-state index contributed by atoms with van der Waals surface area (Å²) in [6.07, 6.45) is 0.488. The Balaban J connectivity index is 2.12. The molecular formula is C17H15BrO3. The zero-order chi connectivity index (χ0) is 15.0. The van der Waals surface area contributed by atoms with Crippen LogP contribution in [0, 0.1) is 0 Å². The summed E-state index contributed by atoms with van der Waals surface area (Å²) in [6, 6.07) is 11.8. The van der Waals surface area contributed by atoms with Crippen LogP contribution in [0.5, 0.6) is 11.5 Å². The molecule has 1 aliphatic rings. The number of methoxy groups -OCH3 is 2. The lowest BCUT2D eigenvalue weighted by molar-refractivity contribution is 0.0991. The summed E-state index contributed by atoms with van der Waals surface area (Å²) in [6.45, 7) is 0. The predicted octanol–water partition coefficient (Wildman–Crippen LogP) is 4.18. The smallest absolute Gasteiger partial charge is 0.164 e. The van der Waals surface area contributed by atoms with Gasteiger partial charge in [0.15, 0.2) is 17.3 Å². The molecule has 0 saturated heterocycles. The molecule has 3 nitrogen and oxygen atoms in total. The van der Waals surface area contributed by atoms with E-state index in [9.17, 15) is 4.79 Å². The fourth-order valence-electron chi connectivity index (χ4n) is 2.85. The third-order valence-electron chi connectivity index (χ3n) is 3.87. The van der Waals surface area contributed by atoms with Gasteiger partial charge in [0.1, 0.15) is 0 Å². The standard InChI is InChI=1S/C17H15BrO3/c1-20-16-8-13-12(10-4-3-5-11(18)6-10)7-15(19)14(13)9-17(16)21-2/h3-6,8-9,12H,7H2,1-2H3. The number of ether oxygens (including phenoxy) is 2. The van der Waals surface area contributed by atoms with E-state index in [4.69, 9.17) is 9.47 Å². The highest BCUT2D eigenvalue weighted by Crippen LogP contribution is 2.43. The summed E-state index contributed by atoms with van der Waals surface area (Å²) in [5.74, 6) is 1.48. The SMILES string of the molecule is COc1cc2c(cc1OC)C(c1cccc(Br)c1)CC2=O. The van der Waals surface area contributed by atoms with Gasteiger partial charge in [-0.25, -0.2) is 0 Å². The van der Waals surface area contributed by atoms with Crippen molar-refractivity contribution in [2.75, 3.05) is 14.2 Å². The van der Waals surface area contributed by atoms with Crippen molar-refractivity contribution in [2.45, 2.75) is 12.3 Å². The number of halogens is 1. The summed E-state index contributed by atoms with van der Waals surface area (Å²) in [5.41, 5.74) is 2.87. The predicted molar refractivity (Wildman–Crippen MR) is 84.5 cm³/mol. The molecule has 0 amide bonds. The Morgan fingerprint density at radius 3 is 2.48 bits per heavy atom. The van der Waals surface area contributed by atoms with Crippen molar-refractivity contribution < 1.29 is 14.3 Å². The number of carbonyl (C=O) groups excluding carboxylic acids is 1. The molecule has 2 aromatic carbocycles. The van der Waals surface area contributed by atoms with E-state index in [0.717, 1.165) is 21.2 Å². The van der Waals surface area contributed by atoms with Gasteiger partial charge in [0.25, 0.3) is 0 Å². The molecule has 0 bridgehead atoms. The van der Waals surface area contributed by atoms with E-state index >= 15 is 0 Å². The Morgan fingerprint density at radius 1 is 1.10 bits per heavy atom. The first-order valence-electron chi connectivity index (χ1n) is 6.68. The topological polar surface area (TPSA) is 35.5 Å². The van der Waals surface area contributed by atoms with Crippen molar-refractivity contribution in [3.05, 3.63) is 57.6 Å². The van der Waals surface area contributed by atoms with Crippen LogP contribution in [0.4, 0.5) is 0 Å². The molecule has 0 spiro atoms. The molecule has 1 aliphatic carbocycles. The number of Topliss-reactive ketones (excluding diaryl/α,β-unsaturated/α-hetero) is 1. The second kappa shape index (κ2) is 5.53. The van der Waals surface area contributed by atoms with Gasteiger partial charge >= 0.3 is 0 Å². The normalized spacial score (nSPS) is 16.7. The van der Waals surface area contributed by atoms with Crippen LogP contribution in [-0.2, 0) is 0 Å². The molecule has 0 aromatic heterocycles. The van der Waals surface area contributed by atoms with Crippen molar-refractivity contribution in [1.82, 2.24) is 0 Å². The Labute approximate surface area is 132 Å². The van der Waals surface area contributed by atoms with E-state index in [1.54, 1.807) is 20.3 Å². The van der Waals surface area contributed by atoms with Gasteiger partial charge in [0.2, 0.25) is 0 Å². The number of fused-ring (bicyclic) bond motifs is 1. The first-order valence-corrected chi connectivity index (χ1v) is 7.48. The fraction of sp³-hybridized carbons (Fsp3) is 0.235. The van der Waals surface area contributed by atoms with Gasteiger partial charge in [-0.2, -0.15) is 0 Å². The number of benzene rings is 2. The first kappa shape index (κ1) is 14.1. The van der Waals surface area contributed by atoms with E-state index in [1.165, 1.54) is 0 Å². The third kappa shape index (κ3) is 2.44. The minimum Gasteiger partial charge on any atom is -0.493 e. The van der Waals surface area contributed by atoms with Gasteiger partial charge in [0.05, 0.1) is 14.2 Å². The van der Waals surface area contributed by atoms with E-state index in [2.05, 4.69) is 28.1 Å². The van der Waals surface area contributed by atoms with E-state index in [-0.39, 0.29) is 11.7 Å². The van der Waals surface area contributed by atoms with E-state index in [1.807, 2.05) is 18.2 Å². The van der Waals surface area contributed by atoms with E-state index < -0.39 is 0 Å². The van der Waals surface area contributed by atoms with Crippen LogP contribution in [0.15, 0.2) is 40.9 Å². The van der Waals surface area contributed by atoms with E-state index in [0.29, 0.717) is 17.9 Å². The summed E-state index contributed by atoms with van der Waals surface area (Å²) >= 11 is 3.49. The Kier molecular flexibility index (Phi) is 3.72. The van der Waals surface area contributed by atoms with Gasteiger partial charge in [-0.1, -0.05) is 28.1 Å². The molecular weight excluding hydrogens is 332 g/mol. The number of carbonyl (C=O) groups is 1. The fourth-order valence-corrected chi connectivity index (χ4v) is 3.27. The molecule has 1 unspecified atom stereocenters. The van der Waals surface area contributed by atoms with Gasteiger partial charge in [-0.15, -0.1) is 0 Å². The summed E-state index contributed by atoms with van der Waals surface area (Å²) in [5, 5.41) is 0. The molecule has 2 aromatic rings. The van der Waals surface area contributed by atoms with Gasteiger partial charge in [-0.3, -0.25) is 4.79 Å². The second-order valence-corrected chi connectivity index (χ2v) is 5.95. The molecule has 1 atom stereocenters. The molecule has 108 valence electrons. The molecule has 21 heavy (non-hydrogen) atoms. The minimum atomic E-state index is 0.0739.